The zero-order valence-electron chi connectivity index (χ0n) is 12.0. The summed E-state index contributed by atoms with van der Waals surface area (Å²) < 4.78 is 0. The Bertz CT molecular complexity index is 606. The third-order valence-electron chi connectivity index (χ3n) is 2.96. The molecule has 0 bridgehead atoms. The monoisotopic (exact) mass is 269 g/mol. The number of carbonyl (C=O) groups is 1. The molecular weight excluding hydrogens is 250 g/mol. The van der Waals surface area contributed by atoms with Crippen molar-refractivity contribution in [2.45, 2.75) is 20.8 Å². The summed E-state index contributed by atoms with van der Waals surface area (Å²) in [4.78, 5) is 16.5. The number of hydrogen-bond acceptors (Lipinski definition) is 3. The first kappa shape index (κ1) is 14.1. The number of hydrogen-bond donors (Lipinski definition) is 2. The van der Waals surface area contributed by atoms with Gasteiger partial charge in [0.2, 0.25) is 0 Å². The third kappa shape index (κ3) is 3.35. The van der Waals surface area contributed by atoms with Crippen LogP contribution >= 0.6 is 0 Å². The molecule has 4 heteroatoms. The van der Waals surface area contributed by atoms with E-state index in [-0.39, 0.29) is 5.91 Å². The van der Waals surface area contributed by atoms with Gasteiger partial charge in [0, 0.05) is 17.9 Å². The lowest BCUT2D eigenvalue weighted by Crippen LogP contribution is -2.15. The van der Waals surface area contributed by atoms with Gasteiger partial charge in [-0.15, -0.1) is 0 Å². The highest BCUT2D eigenvalue weighted by Crippen LogP contribution is 2.19. The Morgan fingerprint density at radius 2 is 2.00 bits per heavy atom. The van der Waals surface area contributed by atoms with Gasteiger partial charge in [0.25, 0.3) is 5.91 Å². The van der Waals surface area contributed by atoms with Crippen molar-refractivity contribution in [2.75, 3.05) is 17.2 Å². The molecule has 20 heavy (non-hydrogen) atoms. The van der Waals surface area contributed by atoms with Crippen LogP contribution in [0.1, 0.15) is 28.5 Å². The van der Waals surface area contributed by atoms with E-state index in [1.807, 2.05) is 51.1 Å². The third-order valence-corrected chi connectivity index (χ3v) is 2.96. The van der Waals surface area contributed by atoms with E-state index in [1.165, 1.54) is 0 Å². The van der Waals surface area contributed by atoms with Crippen molar-refractivity contribution in [3.63, 3.8) is 0 Å². The highest BCUT2D eigenvalue weighted by Gasteiger charge is 2.11. The summed E-state index contributed by atoms with van der Waals surface area (Å²) in [6.45, 7) is 6.70. The molecule has 0 saturated carbocycles. The molecule has 2 N–H and O–H groups in total. The number of nitrogens with one attached hydrogen (secondary N) is 2. The maximum Gasteiger partial charge on any atom is 0.257 e. The second-order valence-electron chi connectivity index (χ2n) is 4.72. The van der Waals surface area contributed by atoms with Gasteiger partial charge in [-0.25, -0.2) is 0 Å². The molecule has 1 amide bonds. The maximum absolute atomic E-state index is 12.3. The number of nitrogens with zero attached hydrogens (tertiary/aromatic N) is 1. The number of pyridine rings is 1. The summed E-state index contributed by atoms with van der Waals surface area (Å²) >= 11 is 0. The van der Waals surface area contributed by atoms with Gasteiger partial charge in [0.15, 0.2) is 0 Å². The Hall–Kier alpha value is -2.36. The number of benzene rings is 1. The van der Waals surface area contributed by atoms with E-state index in [1.54, 1.807) is 6.20 Å². The predicted molar refractivity (Wildman–Crippen MR) is 82.3 cm³/mol. The molecule has 0 fully saturated rings. The van der Waals surface area contributed by atoms with Crippen LogP contribution < -0.4 is 10.6 Å². The molecule has 4 nitrogen and oxygen atoms in total. The Morgan fingerprint density at radius 1 is 1.20 bits per heavy atom. The van der Waals surface area contributed by atoms with Crippen LogP contribution in [-0.4, -0.2) is 17.4 Å². The highest BCUT2D eigenvalue weighted by molar-refractivity contribution is 6.08. The van der Waals surface area contributed by atoms with Gasteiger partial charge < -0.3 is 10.6 Å². The van der Waals surface area contributed by atoms with E-state index < -0.39 is 0 Å². The van der Waals surface area contributed by atoms with E-state index in [9.17, 15) is 4.79 Å². The number of amides is 1. The minimum Gasteiger partial charge on any atom is -0.385 e. The summed E-state index contributed by atoms with van der Waals surface area (Å²) in [5.41, 5.74) is 4.23. The van der Waals surface area contributed by atoms with Crippen LogP contribution in [0.15, 0.2) is 36.5 Å². The largest absolute Gasteiger partial charge is 0.385 e. The normalized spacial score (nSPS) is 10.2. The van der Waals surface area contributed by atoms with Gasteiger partial charge in [-0.3, -0.25) is 9.78 Å². The van der Waals surface area contributed by atoms with Crippen molar-refractivity contribution in [1.29, 1.82) is 0 Å². The van der Waals surface area contributed by atoms with E-state index in [0.717, 1.165) is 23.5 Å². The molecule has 0 aliphatic carbocycles. The molecule has 0 aliphatic rings. The smallest absolute Gasteiger partial charge is 0.257 e. The number of rotatable bonds is 4. The van der Waals surface area contributed by atoms with Crippen LogP contribution in [-0.2, 0) is 0 Å². The van der Waals surface area contributed by atoms with Crippen LogP contribution in [0.3, 0.4) is 0 Å². The number of anilines is 2. The fourth-order valence-electron chi connectivity index (χ4n) is 1.93. The lowest BCUT2D eigenvalue weighted by Gasteiger charge is -2.12. The van der Waals surface area contributed by atoms with E-state index in [4.69, 9.17) is 0 Å². The van der Waals surface area contributed by atoms with Gasteiger partial charge in [-0.1, -0.05) is 6.07 Å². The molecule has 2 rings (SSSR count). The zero-order chi connectivity index (χ0) is 14.5. The zero-order valence-corrected chi connectivity index (χ0v) is 12.0. The summed E-state index contributed by atoms with van der Waals surface area (Å²) in [5.74, 6) is -0.133. The van der Waals surface area contributed by atoms with Crippen LogP contribution in [0.25, 0.3) is 0 Å². The van der Waals surface area contributed by atoms with Crippen LogP contribution in [0, 0.1) is 13.8 Å². The average molecular weight is 269 g/mol. The summed E-state index contributed by atoms with van der Waals surface area (Å²) in [6, 6.07) is 9.47. The first-order valence-corrected chi connectivity index (χ1v) is 6.68. The van der Waals surface area contributed by atoms with Crippen LogP contribution in [0.5, 0.6) is 0 Å². The fourth-order valence-corrected chi connectivity index (χ4v) is 1.93. The highest BCUT2D eigenvalue weighted by atomic mass is 16.1. The molecule has 1 heterocycles. The second kappa shape index (κ2) is 6.19. The Labute approximate surface area is 119 Å². The first-order valence-electron chi connectivity index (χ1n) is 6.68. The van der Waals surface area contributed by atoms with Gasteiger partial charge in [-0.2, -0.15) is 0 Å². The summed E-state index contributed by atoms with van der Waals surface area (Å²) in [7, 11) is 0. The topological polar surface area (TPSA) is 54.0 Å². The SMILES string of the molecule is CCNc1cc(C)ccc1C(=O)Nc1ccc(C)nc1. The van der Waals surface area contributed by atoms with Crippen molar-refractivity contribution in [1.82, 2.24) is 4.98 Å². The average Bonchev–Trinajstić information content (AvgIpc) is 2.42. The molecule has 0 atom stereocenters. The molecule has 0 radical (unpaired) electrons. The van der Waals surface area contributed by atoms with Gasteiger partial charge in [0.05, 0.1) is 17.4 Å². The molecular formula is C16H19N3O. The second-order valence-corrected chi connectivity index (χ2v) is 4.72. The quantitative estimate of drug-likeness (QED) is 0.894. The first-order chi connectivity index (χ1) is 9.60. The van der Waals surface area contributed by atoms with Crippen molar-refractivity contribution in [3.05, 3.63) is 53.3 Å². The van der Waals surface area contributed by atoms with E-state index >= 15 is 0 Å². The fraction of sp³-hybridized carbons (Fsp3) is 0.250. The summed E-state index contributed by atoms with van der Waals surface area (Å²) in [6.07, 6.45) is 1.66. The van der Waals surface area contributed by atoms with Crippen molar-refractivity contribution < 1.29 is 4.79 Å². The molecule has 0 spiro atoms. The Balaban J connectivity index is 2.22. The molecule has 2 aromatic rings. The molecule has 0 saturated heterocycles. The Morgan fingerprint density at radius 3 is 2.65 bits per heavy atom. The molecule has 0 aliphatic heterocycles. The van der Waals surface area contributed by atoms with E-state index in [0.29, 0.717) is 11.3 Å². The molecule has 0 unspecified atom stereocenters. The van der Waals surface area contributed by atoms with Crippen LogP contribution in [0.2, 0.25) is 0 Å². The van der Waals surface area contributed by atoms with Crippen molar-refractivity contribution in [2.24, 2.45) is 0 Å². The lowest BCUT2D eigenvalue weighted by atomic mass is 10.1. The Kier molecular flexibility index (Phi) is 4.35. The standard InChI is InChI=1S/C16H19N3O/c1-4-17-15-9-11(2)5-8-14(15)16(20)19-13-7-6-12(3)18-10-13/h5-10,17H,4H2,1-3H3,(H,19,20). The maximum atomic E-state index is 12.3. The minimum atomic E-state index is -0.133. The molecule has 1 aromatic carbocycles. The number of carbonyl (C=O) groups excluding carboxylic acids is 1. The lowest BCUT2D eigenvalue weighted by molar-refractivity contribution is 0.102. The predicted octanol–water partition coefficient (Wildman–Crippen LogP) is 3.38. The van der Waals surface area contributed by atoms with Gasteiger partial charge in [0.1, 0.15) is 0 Å². The van der Waals surface area contributed by atoms with Gasteiger partial charge in [-0.05, 0) is 50.6 Å². The molecule has 104 valence electrons. The summed E-state index contributed by atoms with van der Waals surface area (Å²) in [5, 5.41) is 6.08. The van der Waals surface area contributed by atoms with Crippen molar-refractivity contribution in [3.8, 4) is 0 Å². The molecule has 1 aromatic heterocycles. The minimum absolute atomic E-state index is 0.133. The number of aromatic nitrogens is 1. The van der Waals surface area contributed by atoms with Gasteiger partial charge >= 0.3 is 0 Å². The van der Waals surface area contributed by atoms with Crippen molar-refractivity contribution >= 4 is 17.3 Å². The number of aryl methyl sites for hydroxylation is 2. The van der Waals surface area contributed by atoms with E-state index in [2.05, 4.69) is 15.6 Å². The van der Waals surface area contributed by atoms with Crippen LogP contribution in [0.4, 0.5) is 11.4 Å².